The lowest BCUT2D eigenvalue weighted by Gasteiger charge is -2.12. The summed E-state index contributed by atoms with van der Waals surface area (Å²) in [6.45, 7) is 3.26. The number of aliphatic hydroxyl groups is 1. The van der Waals surface area contributed by atoms with Crippen LogP contribution in [0.15, 0.2) is 0 Å². The van der Waals surface area contributed by atoms with E-state index in [0.717, 1.165) is 45.1 Å². The SMILES string of the molecule is CC(CCCCCCC(=O)O)NCCCO. The number of aliphatic carboxylic acids is 1. The molecule has 0 rings (SSSR count). The molecule has 0 aliphatic heterocycles. The van der Waals surface area contributed by atoms with Crippen LogP contribution in [0.5, 0.6) is 0 Å². The molecule has 0 radical (unpaired) electrons. The number of nitrogens with one attached hydrogen (secondary N) is 1. The minimum Gasteiger partial charge on any atom is -0.481 e. The Bertz CT molecular complexity index is 174. The van der Waals surface area contributed by atoms with Gasteiger partial charge in [-0.1, -0.05) is 19.3 Å². The molecular formula is C12H25NO3. The minimum atomic E-state index is -0.695. The first-order valence-corrected chi connectivity index (χ1v) is 6.23. The second-order valence-electron chi connectivity index (χ2n) is 4.28. The number of hydrogen-bond donors (Lipinski definition) is 3. The number of carboxylic acid groups (broad SMARTS) is 1. The zero-order valence-corrected chi connectivity index (χ0v) is 10.2. The summed E-state index contributed by atoms with van der Waals surface area (Å²) in [5.41, 5.74) is 0. The van der Waals surface area contributed by atoms with Crippen molar-refractivity contribution in [2.75, 3.05) is 13.2 Å². The van der Waals surface area contributed by atoms with Crippen molar-refractivity contribution in [2.24, 2.45) is 0 Å². The van der Waals surface area contributed by atoms with Gasteiger partial charge in [0, 0.05) is 19.1 Å². The summed E-state index contributed by atoms with van der Waals surface area (Å²) in [7, 11) is 0. The van der Waals surface area contributed by atoms with Crippen LogP contribution in [0.25, 0.3) is 0 Å². The molecule has 0 fully saturated rings. The van der Waals surface area contributed by atoms with E-state index in [0.29, 0.717) is 12.5 Å². The van der Waals surface area contributed by atoms with E-state index >= 15 is 0 Å². The smallest absolute Gasteiger partial charge is 0.303 e. The van der Waals surface area contributed by atoms with Crippen LogP contribution in [-0.2, 0) is 4.79 Å². The highest BCUT2D eigenvalue weighted by molar-refractivity contribution is 5.66. The standard InChI is InChI=1S/C12H25NO3/c1-11(13-9-6-10-14)7-4-2-3-5-8-12(15)16/h11,13-14H,2-10H2,1H3,(H,15,16). The van der Waals surface area contributed by atoms with Gasteiger partial charge in [0.15, 0.2) is 0 Å². The lowest BCUT2D eigenvalue weighted by molar-refractivity contribution is -0.137. The van der Waals surface area contributed by atoms with Crippen LogP contribution in [0.1, 0.15) is 51.9 Å². The predicted molar refractivity (Wildman–Crippen MR) is 64.5 cm³/mol. The highest BCUT2D eigenvalue weighted by atomic mass is 16.4. The van der Waals surface area contributed by atoms with Crippen molar-refractivity contribution >= 4 is 5.97 Å². The molecule has 1 unspecified atom stereocenters. The topological polar surface area (TPSA) is 69.6 Å². The molecular weight excluding hydrogens is 206 g/mol. The van der Waals surface area contributed by atoms with Crippen molar-refractivity contribution < 1.29 is 15.0 Å². The number of carboxylic acids is 1. The van der Waals surface area contributed by atoms with Crippen molar-refractivity contribution in [1.82, 2.24) is 5.32 Å². The Morgan fingerprint density at radius 1 is 1.19 bits per heavy atom. The molecule has 16 heavy (non-hydrogen) atoms. The van der Waals surface area contributed by atoms with E-state index in [1.54, 1.807) is 0 Å². The maximum atomic E-state index is 10.3. The third-order valence-electron chi connectivity index (χ3n) is 2.61. The summed E-state index contributed by atoms with van der Waals surface area (Å²) in [5, 5.41) is 20.4. The Hall–Kier alpha value is -0.610. The second kappa shape index (κ2) is 10.9. The lowest BCUT2D eigenvalue weighted by Crippen LogP contribution is -2.27. The number of aliphatic hydroxyl groups excluding tert-OH is 1. The predicted octanol–water partition coefficient (Wildman–Crippen LogP) is 1.77. The van der Waals surface area contributed by atoms with Gasteiger partial charge in [0.1, 0.15) is 0 Å². The maximum Gasteiger partial charge on any atom is 0.303 e. The molecule has 0 saturated heterocycles. The van der Waals surface area contributed by atoms with Crippen LogP contribution in [0.3, 0.4) is 0 Å². The van der Waals surface area contributed by atoms with Gasteiger partial charge in [0.05, 0.1) is 0 Å². The molecule has 0 saturated carbocycles. The van der Waals surface area contributed by atoms with E-state index in [1.165, 1.54) is 0 Å². The van der Waals surface area contributed by atoms with Crippen LogP contribution >= 0.6 is 0 Å². The molecule has 0 aromatic heterocycles. The zero-order chi connectivity index (χ0) is 12.2. The lowest BCUT2D eigenvalue weighted by atomic mass is 10.1. The molecule has 3 N–H and O–H groups in total. The fraction of sp³-hybridized carbons (Fsp3) is 0.917. The fourth-order valence-corrected chi connectivity index (χ4v) is 1.61. The van der Waals surface area contributed by atoms with Crippen LogP contribution in [-0.4, -0.2) is 35.4 Å². The van der Waals surface area contributed by atoms with Gasteiger partial charge in [-0.3, -0.25) is 4.79 Å². The molecule has 4 heteroatoms. The molecule has 0 aliphatic carbocycles. The Balaban J connectivity index is 3.14. The fourth-order valence-electron chi connectivity index (χ4n) is 1.61. The Morgan fingerprint density at radius 2 is 1.88 bits per heavy atom. The molecule has 1 atom stereocenters. The van der Waals surface area contributed by atoms with Gasteiger partial charge in [-0.2, -0.15) is 0 Å². The van der Waals surface area contributed by atoms with E-state index < -0.39 is 5.97 Å². The highest BCUT2D eigenvalue weighted by Gasteiger charge is 2.01. The molecule has 0 bridgehead atoms. The first-order valence-electron chi connectivity index (χ1n) is 6.23. The van der Waals surface area contributed by atoms with Gasteiger partial charge in [-0.05, 0) is 32.7 Å². The van der Waals surface area contributed by atoms with Gasteiger partial charge in [-0.15, -0.1) is 0 Å². The average Bonchev–Trinajstić information content (AvgIpc) is 2.23. The van der Waals surface area contributed by atoms with E-state index in [9.17, 15) is 4.79 Å². The van der Waals surface area contributed by atoms with Crippen molar-refractivity contribution in [1.29, 1.82) is 0 Å². The minimum absolute atomic E-state index is 0.245. The number of hydrogen-bond acceptors (Lipinski definition) is 3. The number of carbonyl (C=O) groups is 1. The number of rotatable bonds is 11. The normalized spacial score (nSPS) is 12.6. The first-order chi connectivity index (χ1) is 7.66. The summed E-state index contributed by atoms with van der Waals surface area (Å²) in [6.07, 6.45) is 6.29. The largest absolute Gasteiger partial charge is 0.481 e. The summed E-state index contributed by atoms with van der Waals surface area (Å²) in [4.78, 5) is 10.3. The molecule has 96 valence electrons. The van der Waals surface area contributed by atoms with Crippen molar-refractivity contribution in [2.45, 2.75) is 57.9 Å². The van der Waals surface area contributed by atoms with Gasteiger partial charge < -0.3 is 15.5 Å². The van der Waals surface area contributed by atoms with Crippen molar-refractivity contribution in [3.05, 3.63) is 0 Å². The monoisotopic (exact) mass is 231 g/mol. The summed E-state index contributed by atoms with van der Waals surface area (Å²) >= 11 is 0. The van der Waals surface area contributed by atoms with Crippen LogP contribution in [0.4, 0.5) is 0 Å². The molecule has 0 aliphatic rings. The van der Waals surface area contributed by atoms with Crippen molar-refractivity contribution in [3.63, 3.8) is 0 Å². The van der Waals surface area contributed by atoms with Crippen LogP contribution in [0.2, 0.25) is 0 Å². The molecule has 0 amide bonds. The van der Waals surface area contributed by atoms with Gasteiger partial charge in [0.2, 0.25) is 0 Å². The second-order valence-corrected chi connectivity index (χ2v) is 4.28. The summed E-state index contributed by atoms with van der Waals surface area (Å²) < 4.78 is 0. The third-order valence-corrected chi connectivity index (χ3v) is 2.61. The van der Waals surface area contributed by atoms with E-state index in [-0.39, 0.29) is 6.61 Å². The van der Waals surface area contributed by atoms with Gasteiger partial charge in [-0.25, -0.2) is 0 Å². The van der Waals surface area contributed by atoms with Crippen molar-refractivity contribution in [3.8, 4) is 0 Å². The Labute approximate surface area is 98.1 Å². The average molecular weight is 231 g/mol. The third kappa shape index (κ3) is 11.5. The first kappa shape index (κ1) is 15.4. The molecule has 0 aromatic rings. The van der Waals surface area contributed by atoms with E-state index in [4.69, 9.17) is 10.2 Å². The van der Waals surface area contributed by atoms with E-state index in [1.807, 2.05) is 0 Å². The molecule has 0 heterocycles. The quantitative estimate of drug-likeness (QED) is 0.474. The molecule has 4 nitrogen and oxygen atoms in total. The van der Waals surface area contributed by atoms with Crippen LogP contribution in [0, 0.1) is 0 Å². The Kier molecular flexibility index (Phi) is 10.5. The summed E-state index contributed by atoms with van der Waals surface area (Å²) in [5.74, 6) is -0.695. The Morgan fingerprint density at radius 3 is 2.50 bits per heavy atom. The van der Waals surface area contributed by atoms with Gasteiger partial charge in [0.25, 0.3) is 0 Å². The van der Waals surface area contributed by atoms with E-state index in [2.05, 4.69) is 12.2 Å². The molecule has 0 spiro atoms. The summed E-state index contributed by atoms with van der Waals surface area (Å²) in [6, 6.07) is 0.492. The number of unbranched alkanes of at least 4 members (excludes halogenated alkanes) is 3. The highest BCUT2D eigenvalue weighted by Crippen LogP contribution is 2.07. The maximum absolute atomic E-state index is 10.3. The van der Waals surface area contributed by atoms with Gasteiger partial charge >= 0.3 is 5.97 Å². The zero-order valence-electron chi connectivity index (χ0n) is 10.2. The van der Waals surface area contributed by atoms with Crippen LogP contribution < -0.4 is 5.32 Å². The molecule has 0 aromatic carbocycles.